The minimum absolute atomic E-state index is 0.0420. The van der Waals surface area contributed by atoms with E-state index >= 15 is 0 Å². The molecule has 1 atom stereocenters. The molecule has 1 fully saturated rings. The Bertz CT molecular complexity index is 358. The molecular formula is C11H18ClN3S. The average Bonchev–Trinajstić information content (AvgIpc) is 2.85. The molecule has 1 saturated heterocycles. The standard InChI is InChI=1S/C11H18ClN3S/c1-11(2,3)9-13-10(16-14-9)15-5-4-8(6-12)7-15/h8H,4-7H2,1-3H3. The Hall–Kier alpha value is -0.350. The summed E-state index contributed by atoms with van der Waals surface area (Å²) in [5.41, 5.74) is 0.0420. The topological polar surface area (TPSA) is 29.0 Å². The lowest BCUT2D eigenvalue weighted by molar-refractivity contribution is 0.554. The average molecular weight is 260 g/mol. The van der Waals surface area contributed by atoms with Crippen LogP contribution in [0.1, 0.15) is 33.0 Å². The first-order chi connectivity index (χ1) is 7.50. The highest BCUT2D eigenvalue weighted by molar-refractivity contribution is 7.09. The number of nitrogens with zero attached hydrogens (tertiary/aromatic N) is 3. The van der Waals surface area contributed by atoms with Crippen LogP contribution in [0.3, 0.4) is 0 Å². The molecule has 0 amide bonds. The first kappa shape index (κ1) is 12.1. The van der Waals surface area contributed by atoms with Crippen molar-refractivity contribution in [3.05, 3.63) is 5.82 Å². The van der Waals surface area contributed by atoms with Crippen LogP contribution >= 0.6 is 23.1 Å². The third-order valence-electron chi connectivity index (χ3n) is 2.86. The highest BCUT2D eigenvalue weighted by Gasteiger charge is 2.26. The molecule has 3 nitrogen and oxygen atoms in total. The van der Waals surface area contributed by atoms with Gasteiger partial charge >= 0.3 is 0 Å². The quantitative estimate of drug-likeness (QED) is 0.765. The molecule has 5 heteroatoms. The molecule has 1 aromatic rings. The smallest absolute Gasteiger partial charge is 0.205 e. The normalized spacial score (nSPS) is 21.8. The summed E-state index contributed by atoms with van der Waals surface area (Å²) in [6.07, 6.45) is 1.17. The van der Waals surface area contributed by atoms with Gasteiger partial charge in [0.05, 0.1) is 0 Å². The van der Waals surface area contributed by atoms with E-state index in [9.17, 15) is 0 Å². The van der Waals surface area contributed by atoms with E-state index in [0.29, 0.717) is 5.92 Å². The lowest BCUT2D eigenvalue weighted by atomic mass is 9.96. The molecule has 0 aliphatic carbocycles. The number of rotatable bonds is 2. The molecule has 0 N–H and O–H groups in total. The molecule has 90 valence electrons. The summed E-state index contributed by atoms with van der Waals surface area (Å²) in [6.45, 7) is 8.53. The van der Waals surface area contributed by atoms with Crippen molar-refractivity contribution in [2.75, 3.05) is 23.9 Å². The number of hydrogen-bond donors (Lipinski definition) is 0. The van der Waals surface area contributed by atoms with E-state index < -0.39 is 0 Å². The van der Waals surface area contributed by atoms with Gasteiger partial charge in [0.15, 0.2) is 0 Å². The Morgan fingerprint density at radius 2 is 2.25 bits per heavy atom. The second-order valence-electron chi connectivity index (χ2n) is 5.41. The van der Waals surface area contributed by atoms with Crippen LogP contribution < -0.4 is 4.90 Å². The van der Waals surface area contributed by atoms with Crippen molar-refractivity contribution in [2.45, 2.75) is 32.6 Å². The Balaban J connectivity index is 2.08. The molecule has 0 radical (unpaired) electrons. The Morgan fingerprint density at radius 3 is 2.75 bits per heavy atom. The van der Waals surface area contributed by atoms with Gasteiger partial charge < -0.3 is 4.90 Å². The van der Waals surface area contributed by atoms with E-state index in [4.69, 9.17) is 11.6 Å². The largest absolute Gasteiger partial charge is 0.347 e. The van der Waals surface area contributed by atoms with Crippen LogP contribution in [0.5, 0.6) is 0 Å². The van der Waals surface area contributed by atoms with Crippen LogP contribution in [0.4, 0.5) is 5.13 Å². The van der Waals surface area contributed by atoms with Gasteiger partial charge in [0.1, 0.15) is 5.82 Å². The van der Waals surface area contributed by atoms with Crippen molar-refractivity contribution in [2.24, 2.45) is 5.92 Å². The lowest BCUT2D eigenvalue weighted by Gasteiger charge is -2.15. The number of hydrogen-bond acceptors (Lipinski definition) is 4. The summed E-state index contributed by atoms with van der Waals surface area (Å²) >= 11 is 7.39. The SMILES string of the molecule is CC(C)(C)c1nsc(N2CCC(CCl)C2)n1. The summed E-state index contributed by atoms with van der Waals surface area (Å²) in [7, 11) is 0. The fourth-order valence-electron chi connectivity index (χ4n) is 1.78. The fraction of sp³-hybridized carbons (Fsp3) is 0.818. The van der Waals surface area contributed by atoms with Crippen molar-refractivity contribution in [1.29, 1.82) is 0 Å². The third kappa shape index (κ3) is 2.48. The highest BCUT2D eigenvalue weighted by Crippen LogP contribution is 2.29. The molecule has 0 aromatic carbocycles. The van der Waals surface area contributed by atoms with Gasteiger partial charge in [-0.1, -0.05) is 20.8 Å². The molecule has 1 unspecified atom stereocenters. The minimum atomic E-state index is 0.0420. The van der Waals surface area contributed by atoms with Crippen LogP contribution in [-0.2, 0) is 5.41 Å². The fourth-order valence-corrected chi connectivity index (χ4v) is 2.92. The van der Waals surface area contributed by atoms with Crippen molar-refractivity contribution in [3.63, 3.8) is 0 Å². The van der Waals surface area contributed by atoms with Crippen molar-refractivity contribution >= 4 is 28.3 Å². The summed E-state index contributed by atoms with van der Waals surface area (Å²) in [6, 6.07) is 0. The molecule has 2 heterocycles. The van der Waals surface area contributed by atoms with Gasteiger partial charge in [0.2, 0.25) is 5.13 Å². The second-order valence-corrected chi connectivity index (χ2v) is 6.44. The van der Waals surface area contributed by atoms with Gasteiger partial charge in [0, 0.05) is 35.9 Å². The van der Waals surface area contributed by atoms with E-state index in [1.807, 2.05) is 0 Å². The van der Waals surface area contributed by atoms with Gasteiger partial charge in [-0.2, -0.15) is 4.37 Å². The maximum Gasteiger partial charge on any atom is 0.205 e. The first-order valence-corrected chi connectivity index (χ1v) is 6.96. The molecule has 0 bridgehead atoms. The van der Waals surface area contributed by atoms with Crippen LogP contribution in [0.15, 0.2) is 0 Å². The predicted molar refractivity (Wildman–Crippen MR) is 69.6 cm³/mol. The minimum Gasteiger partial charge on any atom is -0.347 e. The van der Waals surface area contributed by atoms with Crippen molar-refractivity contribution < 1.29 is 0 Å². The van der Waals surface area contributed by atoms with Crippen LogP contribution in [-0.4, -0.2) is 28.3 Å². The zero-order valence-electron chi connectivity index (χ0n) is 10.0. The number of aromatic nitrogens is 2. The predicted octanol–water partition coefficient (Wildman–Crippen LogP) is 2.90. The van der Waals surface area contributed by atoms with Crippen LogP contribution in [0.2, 0.25) is 0 Å². The van der Waals surface area contributed by atoms with E-state index in [1.54, 1.807) is 0 Å². The molecule has 16 heavy (non-hydrogen) atoms. The molecule has 1 aromatic heterocycles. The van der Waals surface area contributed by atoms with E-state index in [1.165, 1.54) is 18.0 Å². The molecule has 1 aliphatic heterocycles. The van der Waals surface area contributed by atoms with E-state index in [2.05, 4.69) is 35.0 Å². The Kier molecular flexibility index (Phi) is 3.40. The zero-order valence-corrected chi connectivity index (χ0v) is 11.6. The number of anilines is 1. The summed E-state index contributed by atoms with van der Waals surface area (Å²) < 4.78 is 4.44. The number of alkyl halides is 1. The van der Waals surface area contributed by atoms with E-state index in [0.717, 1.165) is 29.9 Å². The molecule has 0 saturated carbocycles. The summed E-state index contributed by atoms with van der Waals surface area (Å²) in [4.78, 5) is 6.93. The van der Waals surface area contributed by atoms with Gasteiger partial charge in [-0.25, -0.2) is 4.98 Å². The monoisotopic (exact) mass is 259 g/mol. The lowest BCUT2D eigenvalue weighted by Crippen LogP contribution is -2.20. The third-order valence-corrected chi connectivity index (χ3v) is 4.07. The molecular weight excluding hydrogens is 242 g/mol. The van der Waals surface area contributed by atoms with E-state index in [-0.39, 0.29) is 5.41 Å². The van der Waals surface area contributed by atoms with Gasteiger partial charge in [0.25, 0.3) is 0 Å². The summed E-state index contributed by atoms with van der Waals surface area (Å²) in [5, 5.41) is 1.05. The molecule has 1 aliphatic rings. The first-order valence-electron chi connectivity index (χ1n) is 5.66. The maximum atomic E-state index is 5.88. The zero-order chi connectivity index (χ0) is 11.8. The van der Waals surface area contributed by atoms with Crippen molar-refractivity contribution in [3.8, 4) is 0 Å². The Labute approximate surface area is 106 Å². The molecule has 0 spiro atoms. The molecule has 2 rings (SSSR count). The highest BCUT2D eigenvalue weighted by atomic mass is 35.5. The van der Waals surface area contributed by atoms with Gasteiger partial charge in [-0.3, -0.25) is 0 Å². The maximum absolute atomic E-state index is 5.88. The second kappa shape index (κ2) is 4.49. The summed E-state index contributed by atoms with van der Waals surface area (Å²) in [5.74, 6) is 2.31. The van der Waals surface area contributed by atoms with Crippen LogP contribution in [0, 0.1) is 5.92 Å². The van der Waals surface area contributed by atoms with Crippen LogP contribution in [0.25, 0.3) is 0 Å². The Morgan fingerprint density at radius 1 is 1.50 bits per heavy atom. The van der Waals surface area contributed by atoms with Gasteiger partial charge in [-0.15, -0.1) is 11.6 Å². The van der Waals surface area contributed by atoms with Crippen molar-refractivity contribution in [1.82, 2.24) is 9.36 Å². The number of halogens is 1. The van der Waals surface area contributed by atoms with Gasteiger partial charge in [-0.05, 0) is 12.3 Å².